The van der Waals surface area contributed by atoms with Crippen LogP contribution in [0.1, 0.15) is 23.0 Å². The summed E-state index contributed by atoms with van der Waals surface area (Å²) >= 11 is 4.64. The molecule has 0 saturated heterocycles. The van der Waals surface area contributed by atoms with E-state index in [2.05, 4.69) is 15.9 Å². The van der Waals surface area contributed by atoms with Crippen LogP contribution in [0.15, 0.2) is 15.9 Å². The smallest absolute Gasteiger partial charge is 0.191 e. The van der Waals surface area contributed by atoms with Gasteiger partial charge in [0.05, 0.1) is 10.9 Å². The second-order valence-electron chi connectivity index (χ2n) is 2.55. The summed E-state index contributed by atoms with van der Waals surface area (Å²) in [5, 5.41) is 10.5. The minimum absolute atomic E-state index is 0.0770. The highest BCUT2D eigenvalue weighted by Gasteiger charge is 2.20. The van der Waals surface area contributed by atoms with Crippen LogP contribution in [0.4, 0.5) is 0 Å². The van der Waals surface area contributed by atoms with E-state index in [1.807, 2.05) is 24.4 Å². The van der Waals surface area contributed by atoms with Crippen molar-refractivity contribution in [1.29, 1.82) is 5.26 Å². The van der Waals surface area contributed by atoms with Crippen LogP contribution < -0.4 is 0 Å². The van der Waals surface area contributed by atoms with Crippen molar-refractivity contribution in [3.63, 3.8) is 0 Å². The third kappa shape index (κ3) is 2.17. The zero-order chi connectivity index (χ0) is 9.84. The number of carbonyl (C=O) groups is 1. The first-order valence-corrected chi connectivity index (χ1v) is 5.54. The second-order valence-corrected chi connectivity index (χ2v) is 4.32. The SMILES string of the molecule is CCC(C#N)C(=O)c1sccc1Br. The van der Waals surface area contributed by atoms with Gasteiger partial charge in [0.15, 0.2) is 5.78 Å². The van der Waals surface area contributed by atoms with Crippen molar-refractivity contribution in [2.45, 2.75) is 13.3 Å². The number of hydrogen-bond donors (Lipinski definition) is 0. The van der Waals surface area contributed by atoms with E-state index in [9.17, 15) is 4.79 Å². The molecule has 1 rings (SSSR count). The summed E-state index contributed by atoms with van der Waals surface area (Å²) in [6, 6.07) is 3.82. The molecule has 68 valence electrons. The van der Waals surface area contributed by atoms with Crippen molar-refractivity contribution in [3.8, 4) is 6.07 Å². The van der Waals surface area contributed by atoms with Gasteiger partial charge < -0.3 is 0 Å². The molecular weight excluding hydrogens is 250 g/mol. The lowest BCUT2D eigenvalue weighted by Crippen LogP contribution is -2.10. The zero-order valence-electron chi connectivity index (χ0n) is 7.08. The molecule has 0 aliphatic heterocycles. The molecule has 0 aliphatic rings. The molecular formula is C9H8BrNOS. The van der Waals surface area contributed by atoms with Crippen LogP contribution >= 0.6 is 27.3 Å². The Balaban J connectivity index is 2.92. The Morgan fingerprint density at radius 2 is 2.54 bits per heavy atom. The predicted octanol–water partition coefficient (Wildman–Crippen LogP) is 3.24. The van der Waals surface area contributed by atoms with Crippen molar-refractivity contribution in [3.05, 3.63) is 20.8 Å². The average Bonchev–Trinajstić information content (AvgIpc) is 2.53. The van der Waals surface area contributed by atoms with Crippen LogP contribution in [0, 0.1) is 17.2 Å². The Morgan fingerprint density at radius 3 is 2.92 bits per heavy atom. The number of hydrogen-bond acceptors (Lipinski definition) is 3. The first-order valence-electron chi connectivity index (χ1n) is 3.87. The summed E-state index contributed by atoms with van der Waals surface area (Å²) in [7, 11) is 0. The summed E-state index contributed by atoms with van der Waals surface area (Å²) in [6.07, 6.45) is 0.569. The molecule has 4 heteroatoms. The van der Waals surface area contributed by atoms with Gasteiger partial charge in [-0.25, -0.2) is 0 Å². The predicted molar refractivity (Wildman–Crippen MR) is 55.7 cm³/mol. The fourth-order valence-corrected chi connectivity index (χ4v) is 2.53. The minimum Gasteiger partial charge on any atom is -0.292 e. The molecule has 1 aromatic rings. The molecule has 1 unspecified atom stereocenters. The summed E-state index contributed by atoms with van der Waals surface area (Å²) in [5.41, 5.74) is 0. The van der Waals surface area contributed by atoms with Crippen LogP contribution in [0.2, 0.25) is 0 Å². The highest BCUT2D eigenvalue weighted by molar-refractivity contribution is 9.10. The third-order valence-corrected chi connectivity index (χ3v) is 3.57. The van der Waals surface area contributed by atoms with Crippen molar-refractivity contribution in [1.82, 2.24) is 0 Å². The first-order chi connectivity index (χ1) is 6.20. The van der Waals surface area contributed by atoms with Crippen molar-refractivity contribution >= 4 is 33.0 Å². The lowest BCUT2D eigenvalue weighted by molar-refractivity contribution is 0.0950. The standard InChI is InChI=1S/C9H8BrNOS/c1-2-6(5-11)8(12)9-7(10)3-4-13-9/h3-4,6H,2H2,1H3. The molecule has 1 aromatic heterocycles. The molecule has 1 atom stereocenters. The molecule has 1 heterocycles. The summed E-state index contributed by atoms with van der Waals surface area (Å²) in [5.74, 6) is -0.582. The quantitative estimate of drug-likeness (QED) is 0.781. The Labute approximate surface area is 89.3 Å². The largest absolute Gasteiger partial charge is 0.292 e. The Kier molecular flexibility index (Phi) is 3.64. The fourth-order valence-electron chi connectivity index (χ4n) is 0.963. The van der Waals surface area contributed by atoms with E-state index < -0.39 is 5.92 Å². The van der Waals surface area contributed by atoms with E-state index in [-0.39, 0.29) is 5.78 Å². The molecule has 0 amide bonds. The topological polar surface area (TPSA) is 40.9 Å². The van der Waals surface area contributed by atoms with Gasteiger partial charge in [-0.1, -0.05) is 6.92 Å². The van der Waals surface area contributed by atoms with Gasteiger partial charge in [0, 0.05) is 4.47 Å². The third-order valence-electron chi connectivity index (χ3n) is 1.72. The summed E-state index contributed by atoms with van der Waals surface area (Å²) in [6.45, 7) is 1.84. The molecule has 0 aliphatic carbocycles. The number of carbonyl (C=O) groups excluding carboxylic acids is 1. The van der Waals surface area contributed by atoms with Gasteiger partial charge in [-0.05, 0) is 33.8 Å². The molecule has 0 bridgehead atoms. The monoisotopic (exact) mass is 257 g/mol. The molecule has 2 nitrogen and oxygen atoms in total. The Hall–Kier alpha value is -0.660. The van der Waals surface area contributed by atoms with Gasteiger partial charge in [0.1, 0.15) is 5.92 Å². The maximum Gasteiger partial charge on any atom is 0.191 e. The van der Waals surface area contributed by atoms with E-state index in [1.54, 1.807) is 0 Å². The normalized spacial score (nSPS) is 12.1. The average molecular weight is 258 g/mol. The van der Waals surface area contributed by atoms with Crippen LogP contribution in [-0.2, 0) is 0 Å². The van der Waals surface area contributed by atoms with E-state index in [1.165, 1.54) is 11.3 Å². The highest BCUT2D eigenvalue weighted by atomic mass is 79.9. The van der Waals surface area contributed by atoms with Gasteiger partial charge in [-0.15, -0.1) is 11.3 Å². The number of nitrogens with zero attached hydrogens (tertiary/aromatic N) is 1. The van der Waals surface area contributed by atoms with Crippen LogP contribution in [-0.4, -0.2) is 5.78 Å². The summed E-state index contributed by atoms with van der Waals surface area (Å²) < 4.78 is 0.788. The molecule has 0 N–H and O–H groups in total. The fraction of sp³-hybridized carbons (Fsp3) is 0.333. The number of nitriles is 1. The molecule has 0 spiro atoms. The Morgan fingerprint density at radius 1 is 1.85 bits per heavy atom. The van der Waals surface area contributed by atoms with Gasteiger partial charge in [-0.3, -0.25) is 4.79 Å². The van der Waals surface area contributed by atoms with Gasteiger partial charge >= 0.3 is 0 Å². The van der Waals surface area contributed by atoms with E-state index in [0.717, 1.165) is 4.47 Å². The number of ketones is 1. The zero-order valence-corrected chi connectivity index (χ0v) is 9.48. The molecule has 0 radical (unpaired) electrons. The Bertz CT molecular complexity index is 353. The van der Waals surface area contributed by atoms with Crippen molar-refractivity contribution in [2.24, 2.45) is 5.92 Å². The lowest BCUT2D eigenvalue weighted by atomic mass is 10.0. The van der Waals surface area contributed by atoms with Crippen molar-refractivity contribution < 1.29 is 4.79 Å². The lowest BCUT2D eigenvalue weighted by Gasteiger charge is -2.02. The maximum absolute atomic E-state index is 11.6. The van der Waals surface area contributed by atoms with E-state index in [0.29, 0.717) is 11.3 Å². The maximum atomic E-state index is 11.6. The number of Topliss-reactive ketones (excluding diaryl/α,β-unsaturated/α-hetero) is 1. The van der Waals surface area contributed by atoms with Crippen LogP contribution in [0.5, 0.6) is 0 Å². The second kappa shape index (κ2) is 4.54. The van der Waals surface area contributed by atoms with Crippen LogP contribution in [0.25, 0.3) is 0 Å². The highest BCUT2D eigenvalue weighted by Crippen LogP contribution is 2.26. The van der Waals surface area contributed by atoms with E-state index >= 15 is 0 Å². The summed E-state index contributed by atoms with van der Waals surface area (Å²) in [4.78, 5) is 12.3. The number of thiophene rings is 1. The minimum atomic E-state index is -0.505. The van der Waals surface area contributed by atoms with Crippen molar-refractivity contribution in [2.75, 3.05) is 0 Å². The first kappa shape index (κ1) is 10.4. The molecule has 0 saturated carbocycles. The molecule has 0 fully saturated rings. The van der Waals surface area contributed by atoms with Gasteiger partial charge in [0.2, 0.25) is 0 Å². The van der Waals surface area contributed by atoms with E-state index in [4.69, 9.17) is 5.26 Å². The van der Waals surface area contributed by atoms with Crippen LogP contribution in [0.3, 0.4) is 0 Å². The van der Waals surface area contributed by atoms with Gasteiger partial charge in [0.25, 0.3) is 0 Å². The number of halogens is 1. The molecule has 13 heavy (non-hydrogen) atoms. The number of rotatable bonds is 3. The molecule has 0 aromatic carbocycles. The van der Waals surface area contributed by atoms with Gasteiger partial charge in [-0.2, -0.15) is 5.26 Å².